The van der Waals surface area contributed by atoms with Crippen LogP contribution in [0.25, 0.3) is 0 Å². The lowest BCUT2D eigenvalue weighted by Crippen LogP contribution is -2.36. The molecule has 1 fully saturated rings. The van der Waals surface area contributed by atoms with Crippen molar-refractivity contribution in [2.45, 2.75) is 31.8 Å². The molecule has 0 radical (unpaired) electrons. The van der Waals surface area contributed by atoms with Crippen LogP contribution in [0.1, 0.15) is 31.4 Å². The van der Waals surface area contributed by atoms with Crippen molar-refractivity contribution in [2.24, 2.45) is 0 Å². The normalized spacial score (nSPS) is 16.1. The van der Waals surface area contributed by atoms with Gasteiger partial charge in [-0.2, -0.15) is 0 Å². The molecule has 1 atom stereocenters. The predicted octanol–water partition coefficient (Wildman–Crippen LogP) is 1.62. The second-order valence-electron chi connectivity index (χ2n) is 4.69. The largest absolute Gasteiger partial charge is 0.496 e. The monoisotopic (exact) mass is 248 g/mol. The minimum atomic E-state index is 0.0687. The first-order valence-corrected chi connectivity index (χ1v) is 6.36. The van der Waals surface area contributed by atoms with Crippen LogP contribution in [0.5, 0.6) is 5.75 Å². The number of benzene rings is 1. The highest BCUT2D eigenvalue weighted by Crippen LogP contribution is 2.24. The van der Waals surface area contributed by atoms with E-state index in [0.29, 0.717) is 12.6 Å². The third-order valence-corrected chi connectivity index (χ3v) is 3.12. The highest BCUT2D eigenvalue weighted by molar-refractivity contribution is 5.78. The van der Waals surface area contributed by atoms with Gasteiger partial charge in [0.15, 0.2) is 0 Å². The minimum Gasteiger partial charge on any atom is -0.496 e. The van der Waals surface area contributed by atoms with Crippen LogP contribution >= 0.6 is 0 Å². The van der Waals surface area contributed by atoms with Gasteiger partial charge in [-0.25, -0.2) is 0 Å². The van der Waals surface area contributed by atoms with Gasteiger partial charge in [0.2, 0.25) is 5.91 Å². The summed E-state index contributed by atoms with van der Waals surface area (Å²) in [6.07, 6.45) is 2.24. The van der Waals surface area contributed by atoms with Gasteiger partial charge in [0, 0.05) is 17.6 Å². The lowest BCUT2D eigenvalue weighted by molar-refractivity contribution is -0.120. The smallest absolute Gasteiger partial charge is 0.234 e. The molecule has 4 nitrogen and oxygen atoms in total. The number of ether oxygens (including phenoxy) is 1. The summed E-state index contributed by atoms with van der Waals surface area (Å²) in [4.78, 5) is 11.6. The first-order chi connectivity index (χ1) is 8.70. The number of nitrogens with one attached hydrogen (secondary N) is 2. The number of hydrogen-bond donors (Lipinski definition) is 2. The third-order valence-electron chi connectivity index (χ3n) is 3.12. The molecule has 1 aromatic carbocycles. The Morgan fingerprint density at radius 1 is 1.44 bits per heavy atom. The molecule has 18 heavy (non-hydrogen) atoms. The molecular formula is C14H20N2O2. The lowest BCUT2D eigenvalue weighted by Gasteiger charge is -2.17. The van der Waals surface area contributed by atoms with Gasteiger partial charge in [0.05, 0.1) is 13.7 Å². The second-order valence-corrected chi connectivity index (χ2v) is 4.69. The van der Waals surface area contributed by atoms with E-state index < -0.39 is 0 Å². The van der Waals surface area contributed by atoms with E-state index in [1.165, 1.54) is 0 Å². The molecule has 1 unspecified atom stereocenters. The number of amides is 1. The topological polar surface area (TPSA) is 50.4 Å². The summed E-state index contributed by atoms with van der Waals surface area (Å²) >= 11 is 0. The molecule has 1 saturated carbocycles. The molecule has 0 heterocycles. The van der Waals surface area contributed by atoms with Crippen molar-refractivity contribution in [1.29, 1.82) is 0 Å². The van der Waals surface area contributed by atoms with Crippen molar-refractivity contribution >= 4 is 5.91 Å². The number of para-hydroxylation sites is 1. The summed E-state index contributed by atoms with van der Waals surface area (Å²) in [7, 11) is 1.66. The Bertz CT molecular complexity index is 416. The summed E-state index contributed by atoms with van der Waals surface area (Å²) in [6.45, 7) is 2.37. The van der Waals surface area contributed by atoms with Crippen molar-refractivity contribution in [3.63, 3.8) is 0 Å². The predicted molar refractivity (Wildman–Crippen MR) is 70.6 cm³/mol. The van der Waals surface area contributed by atoms with Crippen molar-refractivity contribution in [3.05, 3.63) is 29.8 Å². The van der Waals surface area contributed by atoms with Crippen molar-refractivity contribution in [3.8, 4) is 5.75 Å². The lowest BCUT2D eigenvalue weighted by atomic mass is 10.1. The van der Waals surface area contributed by atoms with Crippen LogP contribution in [0.3, 0.4) is 0 Å². The molecule has 1 aliphatic rings. The number of hydrogen-bond acceptors (Lipinski definition) is 3. The van der Waals surface area contributed by atoms with Crippen molar-refractivity contribution in [1.82, 2.24) is 10.6 Å². The summed E-state index contributed by atoms with van der Waals surface area (Å²) in [5.74, 6) is 0.916. The van der Waals surface area contributed by atoms with Crippen LogP contribution in [-0.2, 0) is 4.79 Å². The summed E-state index contributed by atoms with van der Waals surface area (Å²) < 4.78 is 5.31. The number of carbonyl (C=O) groups excluding carboxylic acids is 1. The molecule has 4 heteroatoms. The quantitative estimate of drug-likeness (QED) is 0.804. The Labute approximate surface area is 108 Å². The molecule has 1 aliphatic carbocycles. The van der Waals surface area contributed by atoms with Gasteiger partial charge in [0.1, 0.15) is 5.75 Å². The average Bonchev–Trinajstić information content (AvgIpc) is 3.19. The molecule has 2 rings (SSSR count). The SMILES string of the molecule is COc1ccccc1C(C)NCC(=O)NC1CC1. The van der Waals surface area contributed by atoms with E-state index in [4.69, 9.17) is 4.74 Å². The number of carbonyl (C=O) groups is 1. The van der Waals surface area contributed by atoms with E-state index in [1.807, 2.05) is 31.2 Å². The fraction of sp³-hybridized carbons (Fsp3) is 0.500. The Kier molecular flexibility index (Phi) is 4.20. The maximum atomic E-state index is 11.6. The maximum Gasteiger partial charge on any atom is 0.234 e. The van der Waals surface area contributed by atoms with E-state index >= 15 is 0 Å². The zero-order valence-corrected chi connectivity index (χ0v) is 10.9. The van der Waals surface area contributed by atoms with E-state index in [2.05, 4.69) is 10.6 Å². The molecule has 0 aliphatic heterocycles. The van der Waals surface area contributed by atoms with Crippen LogP contribution < -0.4 is 15.4 Å². The Balaban J connectivity index is 1.86. The van der Waals surface area contributed by atoms with E-state index in [1.54, 1.807) is 7.11 Å². The molecule has 1 amide bonds. The van der Waals surface area contributed by atoms with E-state index in [-0.39, 0.29) is 11.9 Å². The highest BCUT2D eigenvalue weighted by Gasteiger charge is 2.23. The fourth-order valence-corrected chi connectivity index (χ4v) is 1.89. The Morgan fingerprint density at radius 3 is 2.83 bits per heavy atom. The molecule has 0 aromatic heterocycles. The molecule has 2 N–H and O–H groups in total. The average molecular weight is 248 g/mol. The second kappa shape index (κ2) is 5.87. The summed E-state index contributed by atoms with van der Waals surface area (Å²) in [6, 6.07) is 8.36. The molecular weight excluding hydrogens is 228 g/mol. The van der Waals surface area contributed by atoms with Gasteiger partial charge < -0.3 is 15.4 Å². The van der Waals surface area contributed by atoms with Crippen LogP contribution in [0.2, 0.25) is 0 Å². The van der Waals surface area contributed by atoms with Gasteiger partial charge in [-0.15, -0.1) is 0 Å². The van der Waals surface area contributed by atoms with E-state index in [0.717, 1.165) is 24.2 Å². The molecule has 0 saturated heterocycles. The van der Waals surface area contributed by atoms with Gasteiger partial charge in [-0.3, -0.25) is 4.79 Å². The van der Waals surface area contributed by atoms with Gasteiger partial charge >= 0.3 is 0 Å². The Hall–Kier alpha value is -1.55. The van der Waals surface area contributed by atoms with Crippen LogP contribution in [0.15, 0.2) is 24.3 Å². The number of methoxy groups -OCH3 is 1. The van der Waals surface area contributed by atoms with Crippen molar-refractivity contribution in [2.75, 3.05) is 13.7 Å². The zero-order chi connectivity index (χ0) is 13.0. The molecule has 98 valence electrons. The van der Waals surface area contributed by atoms with Gasteiger partial charge in [-0.05, 0) is 25.8 Å². The summed E-state index contributed by atoms with van der Waals surface area (Å²) in [5.41, 5.74) is 1.07. The van der Waals surface area contributed by atoms with Gasteiger partial charge in [-0.1, -0.05) is 18.2 Å². The van der Waals surface area contributed by atoms with Crippen LogP contribution in [0.4, 0.5) is 0 Å². The first kappa shape index (κ1) is 12.9. The molecule has 1 aromatic rings. The maximum absolute atomic E-state index is 11.6. The first-order valence-electron chi connectivity index (χ1n) is 6.36. The minimum absolute atomic E-state index is 0.0687. The fourth-order valence-electron chi connectivity index (χ4n) is 1.89. The molecule has 0 bridgehead atoms. The number of rotatable bonds is 6. The van der Waals surface area contributed by atoms with Crippen molar-refractivity contribution < 1.29 is 9.53 Å². The standard InChI is InChI=1S/C14H20N2O2/c1-10(12-5-3-4-6-13(12)18-2)15-9-14(17)16-11-7-8-11/h3-6,10-11,15H,7-9H2,1-2H3,(H,16,17). The highest BCUT2D eigenvalue weighted by atomic mass is 16.5. The molecule has 0 spiro atoms. The van der Waals surface area contributed by atoms with Crippen LogP contribution in [-0.4, -0.2) is 25.6 Å². The third kappa shape index (κ3) is 3.47. The zero-order valence-electron chi connectivity index (χ0n) is 10.9. The van der Waals surface area contributed by atoms with E-state index in [9.17, 15) is 4.79 Å². The van der Waals surface area contributed by atoms with Crippen LogP contribution in [0, 0.1) is 0 Å². The summed E-state index contributed by atoms with van der Waals surface area (Å²) in [5, 5.41) is 6.17. The Morgan fingerprint density at radius 2 is 2.17 bits per heavy atom. The van der Waals surface area contributed by atoms with Gasteiger partial charge in [0.25, 0.3) is 0 Å².